The number of H-pyrrole nitrogens is 1. The number of nitrogens with zero attached hydrogens (tertiary/aromatic N) is 4. The number of hydrogen-bond acceptors (Lipinski definition) is 4. The lowest BCUT2D eigenvalue weighted by atomic mass is 9.87. The summed E-state index contributed by atoms with van der Waals surface area (Å²) in [6.45, 7) is 3.85. The number of nitrogens with one attached hydrogen (secondary N) is 2. The standard InChI is InChI=1S/C19H24N6O2/c1-11-2-5-15-14(8-11)17(22-21-15)19(27)24-6-7-25-13(10-24)9-16(23-25)18(26)20-12-3-4-12/h9,11-12H,2-8,10H2,1H3,(H,20,26)(H,21,22). The Kier molecular flexibility index (Phi) is 3.80. The number of aromatic nitrogens is 4. The van der Waals surface area contributed by atoms with Crippen molar-refractivity contribution in [1.82, 2.24) is 30.2 Å². The molecule has 3 aliphatic rings. The molecule has 2 amide bonds. The molecule has 0 spiro atoms. The van der Waals surface area contributed by atoms with E-state index >= 15 is 0 Å². The molecule has 2 aromatic heterocycles. The molecule has 142 valence electrons. The summed E-state index contributed by atoms with van der Waals surface area (Å²) in [5.41, 5.74) is 4.10. The second-order valence-corrected chi connectivity index (χ2v) is 8.10. The lowest BCUT2D eigenvalue weighted by Crippen LogP contribution is -2.39. The van der Waals surface area contributed by atoms with Gasteiger partial charge >= 0.3 is 0 Å². The largest absolute Gasteiger partial charge is 0.348 e. The molecular formula is C19H24N6O2. The van der Waals surface area contributed by atoms with E-state index in [2.05, 4.69) is 27.5 Å². The van der Waals surface area contributed by atoms with Gasteiger partial charge in [0.15, 0.2) is 11.4 Å². The van der Waals surface area contributed by atoms with Crippen molar-refractivity contribution in [3.05, 3.63) is 34.4 Å². The Hall–Kier alpha value is -2.64. The topological polar surface area (TPSA) is 95.9 Å². The molecule has 0 bridgehead atoms. The van der Waals surface area contributed by atoms with Crippen LogP contribution in [0.25, 0.3) is 0 Å². The van der Waals surface area contributed by atoms with Crippen molar-refractivity contribution < 1.29 is 9.59 Å². The number of carbonyl (C=O) groups is 2. The minimum atomic E-state index is -0.118. The van der Waals surface area contributed by atoms with Crippen molar-refractivity contribution >= 4 is 11.8 Å². The SMILES string of the molecule is CC1CCc2[nH]nc(C(=O)N3CCn4nc(C(=O)NC5CC5)cc4C3)c2C1. The Morgan fingerprint density at radius 2 is 2.11 bits per heavy atom. The number of aryl methyl sites for hydroxylation is 1. The molecular weight excluding hydrogens is 344 g/mol. The van der Waals surface area contributed by atoms with Crippen LogP contribution in [0, 0.1) is 5.92 Å². The van der Waals surface area contributed by atoms with Gasteiger partial charge in [-0.1, -0.05) is 6.92 Å². The minimum absolute atomic E-state index is 0.0296. The normalized spacial score (nSPS) is 21.5. The predicted octanol–water partition coefficient (Wildman–Crippen LogP) is 1.28. The first kappa shape index (κ1) is 16.5. The van der Waals surface area contributed by atoms with Gasteiger partial charge in [0.1, 0.15) is 0 Å². The first-order chi connectivity index (χ1) is 13.1. The number of rotatable bonds is 3. The average molecular weight is 368 g/mol. The van der Waals surface area contributed by atoms with Crippen molar-refractivity contribution in [3.63, 3.8) is 0 Å². The number of amides is 2. The molecule has 0 radical (unpaired) electrons. The Balaban J connectivity index is 1.33. The zero-order valence-corrected chi connectivity index (χ0v) is 15.5. The highest BCUT2D eigenvalue weighted by Gasteiger charge is 2.31. The summed E-state index contributed by atoms with van der Waals surface area (Å²) in [5.74, 6) is 0.433. The molecule has 0 saturated heterocycles. The Morgan fingerprint density at radius 3 is 2.93 bits per heavy atom. The van der Waals surface area contributed by atoms with Gasteiger partial charge in [-0.15, -0.1) is 0 Å². The van der Waals surface area contributed by atoms with Crippen LogP contribution in [-0.4, -0.2) is 49.3 Å². The van der Waals surface area contributed by atoms with E-state index in [9.17, 15) is 9.59 Å². The number of hydrogen-bond donors (Lipinski definition) is 2. The van der Waals surface area contributed by atoms with Crippen molar-refractivity contribution in [2.75, 3.05) is 6.54 Å². The Labute approximate surface area is 157 Å². The van der Waals surface area contributed by atoms with E-state index in [1.54, 1.807) is 6.07 Å². The molecule has 1 aliphatic heterocycles. The van der Waals surface area contributed by atoms with E-state index in [0.29, 0.717) is 43.0 Å². The molecule has 2 N–H and O–H groups in total. The molecule has 2 aliphatic carbocycles. The van der Waals surface area contributed by atoms with Crippen LogP contribution in [0.2, 0.25) is 0 Å². The van der Waals surface area contributed by atoms with Gasteiger partial charge < -0.3 is 10.2 Å². The average Bonchev–Trinajstić information content (AvgIpc) is 3.22. The summed E-state index contributed by atoms with van der Waals surface area (Å²) < 4.78 is 1.84. The van der Waals surface area contributed by atoms with Gasteiger partial charge in [0.05, 0.1) is 18.8 Å². The van der Waals surface area contributed by atoms with Crippen LogP contribution in [-0.2, 0) is 25.9 Å². The molecule has 1 atom stereocenters. The lowest BCUT2D eigenvalue weighted by molar-refractivity contribution is 0.0698. The molecule has 0 aromatic carbocycles. The van der Waals surface area contributed by atoms with Gasteiger partial charge in [0, 0.05) is 23.8 Å². The first-order valence-corrected chi connectivity index (χ1v) is 9.81. The second kappa shape index (κ2) is 6.21. The van der Waals surface area contributed by atoms with E-state index in [1.165, 1.54) is 0 Å². The lowest BCUT2D eigenvalue weighted by Gasteiger charge is -2.27. The molecule has 5 rings (SSSR count). The minimum Gasteiger partial charge on any atom is -0.348 e. The fourth-order valence-corrected chi connectivity index (χ4v) is 4.03. The van der Waals surface area contributed by atoms with Crippen molar-refractivity contribution in [1.29, 1.82) is 0 Å². The summed E-state index contributed by atoms with van der Waals surface area (Å²) >= 11 is 0. The van der Waals surface area contributed by atoms with Crippen molar-refractivity contribution in [2.24, 2.45) is 5.92 Å². The first-order valence-electron chi connectivity index (χ1n) is 9.81. The molecule has 1 unspecified atom stereocenters. The third kappa shape index (κ3) is 3.02. The van der Waals surface area contributed by atoms with Gasteiger partial charge in [-0.05, 0) is 44.1 Å². The van der Waals surface area contributed by atoms with Gasteiger partial charge in [-0.25, -0.2) is 0 Å². The number of carbonyl (C=O) groups excluding carboxylic acids is 2. The van der Waals surface area contributed by atoms with Gasteiger partial charge in [-0.2, -0.15) is 10.2 Å². The fourth-order valence-electron chi connectivity index (χ4n) is 4.03. The summed E-state index contributed by atoms with van der Waals surface area (Å²) in [6, 6.07) is 2.11. The van der Waals surface area contributed by atoms with E-state index in [4.69, 9.17) is 0 Å². The van der Waals surface area contributed by atoms with Crippen molar-refractivity contribution in [3.8, 4) is 0 Å². The monoisotopic (exact) mass is 368 g/mol. The fraction of sp³-hybridized carbons (Fsp3) is 0.579. The van der Waals surface area contributed by atoms with E-state index in [-0.39, 0.29) is 11.8 Å². The highest BCUT2D eigenvalue weighted by Crippen LogP contribution is 2.27. The highest BCUT2D eigenvalue weighted by molar-refractivity contribution is 5.94. The van der Waals surface area contributed by atoms with Crippen LogP contribution in [0.4, 0.5) is 0 Å². The van der Waals surface area contributed by atoms with Crippen LogP contribution in [0.5, 0.6) is 0 Å². The van der Waals surface area contributed by atoms with Crippen molar-refractivity contribution in [2.45, 2.75) is 58.2 Å². The molecule has 8 heteroatoms. The van der Waals surface area contributed by atoms with E-state index in [0.717, 1.165) is 49.1 Å². The second-order valence-electron chi connectivity index (χ2n) is 8.10. The number of aromatic amines is 1. The summed E-state index contributed by atoms with van der Waals surface area (Å²) in [7, 11) is 0. The maximum absolute atomic E-state index is 13.1. The van der Waals surface area contributed by atoms with Gasteiger partial charge in [-0.3, -0.25) is 19.4 Å². The highest BCUT2D eigenvalue weighted by atomic mass is 16.2. The van der Waals surface area contributed by atoms with Gasteiger partial charge in [0.25, 0.3) is 11.8 Å². The third-order valence-corrected chi connectivity index (χ3v) is 5.83. The zero-order chi connectivity index (χ0) is 18.5. The molecule has 8 nitrogen and oxygen atoms in total. The maximum Gasteiger partial charge on any atom is 0.275 e. The van der Waals surface area contributed by atoms with Crippen LogP contribution in [0.3, 0.4) is 0 Å². The summed E-state index contributed by atoms with van der Waals surface area (Å²) in [6.07, 6.45) is 5.10. The maximum atomic E-state index is 13.1. The quantitative estimate of drug-likeness (QED) is 0.853. The Morgan fingerprint density at radius 1 is 1.26 bits per heavy atom. The van der Waals surface area contributed by atoms with Crippen LogP contribution in [0.15, 0.2) is 6.07 Å². The van der Waals surface area contributed by atoms with E-state index < -0.39 is 0 Å². The van der Waals surface area contributed by atoms with E-state index in [1.807, 2.05) is 9.58 Å². The van der Waals surface area contributed by atoms with Crippen LogP contribution in [0.1, 0.15) is 64.1 Å². The van der Waals surface area contributed by atoms with Gasteiger partial charge in [0.2, 0.25) is 0 Å². The zero-order valence-electron chi connectivity index (χ0n) is 15.5. The molecule has 3 heterocycles. The molecule has 27 heavy (non-hydrogen) atoms. The smallest absolute Gasteiger partial charge is 0.275 e. The molecule has 2 aromatic rings. The molecule has 1 saturated carbocycles. The predicted molar refractivity (Wildman–Crippen MR) is 97.2 cm³/mol. The summed E-state index contributed by atoms with van der Waals surface area (Å²) in [4.78, 5) is 27.1. The summed E-state index contributed by atoms with van der Waals surface area (Å²) in [5, 5.41) is 14.8. The third-order valence-electron chi connectivity index (χ3n) is 5.83. The van der Waals surface area contributed by atoms with Crippen LogP contribution < -0.4 is 5.32 Å². The van der Waals surface area contributed by atoms with Crippen LogP contribution >= 0.6 is 0 Å². The Bertz CT molecular complexity index is 909. The number of fused-ring (bicyclic) bond motifs is 2. The molecule has 1 fully saturated rings.